The van der Waals surface area contributed by atoms with Crippen molar-refractivity contribution in [3.8, 4) is 0 Å². The molecule has 0 spiro atoms. The van der Waals surface area contributed by atoms with Crippen molar-refractivity contribution in [2.24, 2.45) is 12.8 Å². The minimum atomic E-state index is 0.412. The molecule has 2 aromatic rings. The topological polar surface area (TPSA) is 56.7 Å². The number of thiophene rings is 1. The molecule has 0 unspecified atom stereocenters. The lowest BCUT2D eigenvalue weighted by atomic mass is 10.5. The number of halogens is 1. The largest absolute Gasteiger partial charge is 0.324 e. The second-order valence-corrected chi connectivity index (χ2v) is 5.90. The van der Waals surface area contributed by atoms with Crippen LogP contribution in [0.5, 0.6) is 0 Å². The summed E-state index contributed by atoms with van der Waals surface area (Å²) in [6.45, 7) is 0.412. The summed E-state index contributed by atoms with van der Waals surface area (Å²) in [5, 5.41) is 8.95. The van der Waals surface area contributed by atoms with E-state index >= 15 is 0 Å². The molecule has 2 heterocycles. The van der Waals surface area contributed by atoms with Crippen LogP contribution in [0.2, 0.25) is 4.34 Å². The molecule has 2 N–H and O–H groups in total. The summed E-state index contributed by atoms with van der Waals surface area (Å²) in [7, 11) is 1.92. The van der Waals surface area contributed by atoms with Crippen LogP contribution in [0.25, 0.3) is 0 Å². The highest BCUT2D eigenvalue weighted by atomic mass is 35.5. The highest BCUT2D eigenvalue weighted by Crippen LogP contribution is 2.28. The van der Waals surface area contributed by atoms with Gasteiger partial charge < -0.3 is 10.3 Å². The molecule has 2 rings (SSSR count). The van der Waals surface area contributed by atoms with E-state index in [1.165, 1.54) is 4.88 Å². The van der Waals surface area contributed by atoms with Crippen LogP contribution in [-0.4, -0.2) is 14.8 Å². The number of thioether (sulfide) groups is 1. The normalized spacial score (nSPS) is 10.9. The summed E-state index contributed by atoms with van der Waals surface area (Å²) in [6.07, 6.45) is 0. The van der Waals surface area contributed by atoms with Crippen LogP contribution in [0.15, 0.2) is 17.3 Å². The molecule has 16 heavy (non-hydrogen) atoms. The lowest BCUT2D eigenvalue weighted by Gasteiger charge is -2.00. The van der Waals surface area contributed by atoms with Gasteiger partial charge in [-0.25, -0.2) is 0 Å². The summed E-state index contributed by atoms with van der Waals surface area (Å²) in [4.78, 5) is 1.23. The fourth-order valence-corrected chi connectivity index (χ4v) is 3.27. The van der Waals surface area contributed by atoms with E-state index in [4.69, 9.17) is 17.3 Å². The molecule has 0 aliphatic heterocycles. The minimum absolute atomic E-state index is 0.412. The van der Waals surface area contributed by atoms with Gasteiger partial charge in [-0.15, -0.1) is 21.5 Å². The molecular formula is C9H11ClN4S2. The average molecular weight is 275 g/mol. The molecule has 7 heteroatoms. The summed E-state index contributed by atoms with van der Waals surface area (Å²) in [5.74, 6) is 1.65. The van der Waals surface area contributed by atoms with Crippen LogP contribution >= 0.6 is 34.7 Å². The summed E-state index contributed by atoms with van der Waals surface area (Å²) in [6, 6.07) is 3.93. The lowest BCUT2D eigenvalue weighted by Crippen LogP contribution is -2.05. The number of aromatic nitrogens is 3. The van der Waals surface area contributed by atoms with E-state index in [1.807, 2.05) is 23.7 Å². The molecule has 0 fully saturated rings. The molecule has 2 aromatic heterocycles. The molecule has 0 aromatic carbocycles. The number of rotatable bonds is 4. The molecule has 0 saturated carbocycles. The Kier molecular flexibility index (Phi) is 3.86. The zero-order valence-corrected chi connectivity index (χ0v) is 11.1. The number of hydrogen-bond donors (Lipinski definition) is 1. The van der Waals surface area contributed by atoms with Crippen molar-refractivity contribution in [1.82, 2.24) is 14.8 Å². The maximum absolute atomic E-state index is 5.86. The van der Waals surface area contributed by atoms with Gasteiger partial charge in [0, 0.05) is 17.7 Å². The molecule has 0 saturated heterocycles. The fraction of sp³-hybridized carbons (Fsp3) is 0.333. The standard InChI is InChI=1S/C9H11ClN4S2/c1-14-8(4-11)12-13-9(14)15-5-6-2-3-7(10)16-6/h2-3H,4-5,11H2,1H3. The Morgan fingerprint density at radius 2 is 2.31 bits per heavy atom. The van der Waals surface area contributed by atoms with E-state index in [2.05, 4.69) is 10.2 Å². The van der Waals surface area contributed by atoms with Gasteiger partial charge in [-0.05, 0) is 12.1 Å². The third-order valence-electron chi connectivity index (χ3n) is 2.08. The van der Waals surface area contributed by atoms with E-state index in [0.717, 1.165) is 21.1 Å². The summed E-state index contributed by atoms with van der Waals surface area (Å²) in [5.41, 5.74) is 5.53. The SMILES string of the molecule is Cn1c(CN)nnc1SCc1ccc(Cl)s1. The van der Waals surface area contributed by atoms with Gasteiger partial charge in [0.2, 0.25) is 0 Å². The maximum Gasteiger partial charge on any atom is 0.191 e. The Labute approximate surface area is 107 Å². The quantitative estimate of drug-likeness (QED) is 0.869. The summed E-state index contributed by atoms with van der Waals surface area (Å²) >= 11 is 9.08. The Morgan fingerprint density at radius 3 is 2.88 bits per heavy atom. The predicted molar refractivity (Wildman–Crippen MR) is 67.8 cm³/mol. The second kappa shape index (κ2) is 5.18. The van der Waals surface area contributed by atoms with Gasteiger partial charge in [-0.3, -0.25) is 0 Å². The van der Waals surface area contributed by atoms with E-state index in [-0.39, 0.29) is 0 Å². The van der Waals surface area contributed by atoms with E-state index in [1.54, 1.807) is 23.1 Å². The van der Waals surface area contributed by atoms with Crippen molar-refractivity contribution >= 4 is 34.7 Å². The van der Waals surface area contributed by atoms with Gasteiger partial charge in [-0.2, -0.15) is 0 Å². The molecule has 0 bridgehead atoms. The van der Waals surface area contributed by atoms with Gasteiger partial charge in [0.25, 0.3) is 0 Å². The van der Waals surface area contributed by atoms with Crippen LogP contribution in [0, 0.1) is 0 Å². The molecule has 4 nitrogen and oxygen atoms in total. The van der Waals surface area contributed by atoms with Crippen molar-refractivity contribution in [2.75, 3.05) is 0 Å². The molecule has 0 amide bonds. The smallest absolute Gasteiger partial charge is 0.191 e. The van der Waals surface area contributed by atoms with Crippen molar-refractivity contribution in [1.29, 1.82) is 0 Å². The first kappa shape index (κ1) is 11.9. The van der Waals surface area contributed by atoms with Crippen LogP contribution in [0.4, 0.5) is 0 Å². The van der Waals surface area contributed by atoms with Crippen LogP contribution < -0.4 is 5.73 Å². The number of hydrogen-bond acceptors (Lipinski definition) is 5. The highest BCUT2D eigenvalue weighted by Gasteiger charge is 2.08. The number of nitrogens with two attached hydrogens (primary N) is 1. The van der Waals surface area contributed by atoms with E-state index in [9.17, 15) is 0 Å². The third-order valence-corrected chi connectivity index (χ3v) is 4.56. The zero-order valence-electron chi connectivity index (χ0n) is 8.68. The Morgan fingerprint density at radius 1 is 1.50 bits per heavy atom. The third kappa shape index (κ3) is 2.57. The Hall–Kier alpha value is -0.560. The second-order valence-electron chi connectivity index (χ2n) is 3.16. The highest BCUT2D eigenvalue weighted by molar-refractivity contribution is 7.98. The Balaban J connectivity index is 2.02. The number of nitrogens with zero attached hydrogens (tertiary/aromatic N) is 3. The van der Waals surface area contributed by atoms with Gasteiger partial charge in [0.15, 0.2) is 5.16 Å². The molecule has 0 atom stereocenters. The monoisotopic (exact) mass is 274 g/mol. The lowest BCUT2D eigenvalue weighted by molar-refractivity contribution is 0.734. The molecule has 86 valence electrons. The van der Waals surface area contributed by atoms with Gasteiger partial charge in [0.05, 0.1) is 10.9 Å². The van der Waals surface area contributed by atoms with Gasteiger partial charge in [-0.1, -0.05) is 23.4 Å². The van der Waals surface area contributed by atoms with Crippen molar-refractivity contribution in [3.63, 3.8) is 0 Å². The van der Waals surface area contributed by atoms with Gasteiger partial charge in [0.1, 0.15) is 5.82 Å². The molecule has 0 aliphatic carbocycles. The van der Waals surface area contributed by atoms with E-state index < -0.39 is 0 Å². The van der Waals surface area contributed by atoms with Gasteiger partial charge >= 0.3 is 0 Å². The van der Waals surface area contributed by atoms with Crippen molar-refractivity contribution in [3.05, 3.63) is 27.2 Å². The minimum Gasteiger partial charge on any atom is -0.324 e. The first-order valence-corrected chi connectivity index (χ1v) is 6.84. The maximum atomic E-state index is 5.86. The fourth-order valence-electron chi connectivity index (χ4n) is 1.21. The molecular weight excluding hydrogens is 264 g/mol. The van der Waals surface area contributed by atoms with Crippen LogP contribution in [0.3, 0.4) is 0 Å². The zero-order chi connectivity index (χ0) is 11.5. The van der Waals surface area contributed by atoms with E-state index in [0.29, 0.717) is 6.54 Å². The van der Waals surface area contributed by atoms with Crippen LogP contribution in [0.1, 0.15) is 10.7 Å². The van der Waals surface area contributed by atoms with Crippen LogP contribution in [-0.2, 0) is 19.3 Å². The van der Waals surface area contributed by atoms with Crippen molar-refractivity contribution < 1.29 is 0 Å². The van der Waals surface area contributed by atoms with Crippen molar-refractivity contribution in [2.45, 2.75) is 17.5 Å². The molecule has 0 aliphatic rings. The summed E-state index contributed by atoms with van der Waals surface area (Å²) < 4.78 is 2.73. The Bertz CT molecular complexity index is 480. The average Bonchev–Trinajstić information content (AvgIpc) is 2.83. The first-order valence-electron chi connectivity index (χ1n) is 4.66. The molecule has 0 radical (unpaired) electrons. The predicted octanol–water partition coefficient (Wildman–Crippen LogP) is 2.28. The first-order chi connectivity index (χ1) is 7.70.